The maximum atomic E-state index is 13.5. The van der Waals surface area contributed by atoms with E-state index in [2.05, 4.69) is 18.0 Å². The number of rotatable bonds is 8. The van der Waals surface area contributed by atoms with Crippen molar-refractivity contribution in [3.8, 4) is 5.75 Å². The van der Waals surface area contributed by atoms with Crippen LogP contribution >= 0.6 is 22.7 Å². The lowest BCUT2D eigenvalue weighted by atomic mass is 10.1. The number of benzene rings is 1. The van der Waals surface area contributed by atoms with Gasteiger partial charge in [0, 0.05) is 28.8 Å². The molecule has 8 heteroatoms. The number of hydrogen-bond acceptors (Lipinski definition) is 6. The first-order valence-electron chi connectivity index (χ1n) is 10.8. The molecule has 0 aliphatic carbocycles. The van der Waals surface area contributed by atoms with Crippen LogP contribution in [0.15, 0.2) is 52.9 Å². The molecule has 0 saturated carbocycles. The van der Waals surface area contributed by atoms with Crippen molar-refractivity contribution < 1.29 is 9.53 Å². The number of thiophene rings is 2. The highest BCUT2D eigenvalue weighted by Crippen LogP contribution is 2.25. The maximum Gasteiger partial charge on any atom is 0.262 e. The summed E-state index contributed by atoms with van der Waals surface area (Å²) in [5.74, 6) is 0.665. The third-order valence-corrected chi connectivity index (χ3v) is 7.92. The van der Waals surface area contributed by atoms with Crippen LogP contribution in [0.3, 0.4) is 0 Å². The van der Waals surface area contributed by atoms with Crippen molar-refractivity contribution in [2.75, 3.05) is 7.11 Å². The predicted octanol–water partition coefficient (Wildman–Crippen LogP) is 4.80. The van der Waals surface area contributed by atoms with E-state index in [0.29, 0.717) is 11.9 Å². The van der Waals surface area contributed by atoms with E-state index < -0.39 is 0 Å². The molecule has 0 fully saturated rings. The SMILES string of the molecule is COc1ccc(CN(C(=O)Cn2cnc3sc(C)c(C)c3c2=O)[C@@H](C)Cc2cccs2)cc1. The molecular formula is C25H27N3O3S2. The van der Waals surface area contributed by atoms with Crippen LogP contribution in [0.1, 0.15) is 27.8 Å². The third-order valence-electron chi connectivity index (χ3n) is 5.90. The molecular weight excluding hydrogens is 454 g/mol. The largest absolute Gasteiger partial charge is 0.497 e. The Morgan fingerprint density at radius 3 is 2.64 bits per heavy atom. The van der Waals surface area contributed by atoms with Crippen LogP contribution < -0.4 is 10.3 Å². The molecule has 33 heavy (non-hydrogen) atoms. The monoisotopic (exact) mass is 481 g/mol. The molecule has 4 rings (SSSR count). The fourth-order valence-corrected chi connectivity index (χ4v) is 5.68. The summed E-state index contributed by atoms with van der Waals surface area (Å²) in [5, 5.41) is 2.66. The van der Waals surface area contributed by atoms with Gasteiger partial charge < -0.3 is 9.64 Å². The summed E-state index contributed by atoms with van der Waals surface area (Å²) < 4.78 is 6.69. The number of nitrogens with zero attached hydrogens (tertiary/aromatic N) is 3. The molecule has 1 aromatic carbocycles. The van der Waals surface area contributed by atoms with Gasteiger partial charge >= 0.3 is 0 Å². The Morgan fingerprint density at radius 2 is 1.97 bits per heavy atom. The van der Waals surface area contributed by atoms with Gasteiger partial charge in [0.05, 0.1) is 18.8 Å². The molecule has 3 aromatic heterocycles. The summed E-state index contributed by atoms with van der Waals surface area (Å²) >= 11 is 3.19. The van der Waals surface area contributed by atoms with Gasteiger partial charge in [-0.3, -0.25) is 14.2 Å². The number of carbonyl (C=O) groups is 1. The van der Waals surface area contributed by atoms with Crippen molar-refractivity contribution in [3.05, 3.63) is 79.3 Å². The smallest absolute Gasteiger partial charge is 0.262 e. The van der Waals surface area contributed by atoms with E-state index in [4.69, 9.17) is 4.74 Å². The van der Waals surface area contributed by atoms with Crippen molar-refractivity contribution in [1.29, 1.82) is 0 Å². The molecule has 0 spiro atoms. The minimum atomic E-state index is -0.162. The highest BCUT2D eigenvalue weighted by Gasteiger charge is 2.23. The van der Waals surface area contributed by atoms with E-state index in [-0.39, 0.29) is 24.1 Å². The van der Waals surface area contributed by atoms with E-state index in [0.717, 1.165) is 33.0 Å². The summed E-state index contributed by atoms with van der Waals surface area (Å²) in [5.41, 5.74) is 1.79. The van der Waals surface area contributed by atoms with Crippen LogP contribution in [0, 0.1) is 13.8 Å². The lowest BCUT2D eigenvalue weighted by Crippen LogP contribution is -2.42. The minimum Gasteiger partial charge on any atom is -0.497 e. The lowest BCUT2D eigenvalue weighted by Gasteiger charge is -2.29. The third kappa shape index (κ3) is 5.02. The lowest BCUT2D eigenvalue weighted by molar-refractivity contribution is -0.134. The zero-order chi connectivity index (χ0) is 23.5. The number of ether oxygens (including phenoxy) is 1. The Morgan fingerprint density at radius 1 is 1.21 bits per heavy atom. The summed E-state index contributed by atoms with van der Waals surface area (Å²) in [6.07, 6.45) is 2.25. The van der Waals surface area contributed by atoms with Crippen LogP contribution in [0.5, 0.6) is 5.75 Å². The fraction of sp³-hybridized carbons (Fsp3) is 0.320. The second-order valence-electron chi connectivity index (χ2n) is 8.14. The number of methoxy groups -OCH3 is 1. The van der Waals surface area contributed by atoms with Crippen LogP contribution in [0.25, 0.3) is 10.2 Å². The van der Waals surface area contributed by atoms with Gasteiger partial charge in [-0.15, -0.1) is 22.7 Å². The van der Waals surface area contributed by atoms with Gasteiger partial charge in [-0.05, 0) is 55.5 Å². The van der Waals surface area contributed by atoms with Crippen LogP contribution in [0.2, 0.25) is 0 Å². The van der Waals surface area contributed by atoms with Crippen molar-refractivity contribution in [1.82, 2.24) is 14.5 Å². The molecule has 0 bridgehead atoms. The molecule has 0 unspecified atom stereocenters. The van der Waals surface area contributed by atoms with Crippen LogP contribution in [0.4, 0.5) is 0 Å². The van der Waals surface area contributed by atoms with E-state index in [1.807, 2.05) is 54.5 Å². The van der Waals surface area contributed by atoms with E-state index in [1.54, 1.807) is 18.4 Å². The number of fused-ring (bicyclic) bond motifs is 1. The van der Waals surface area contributed by atoms with Gasteiger partial charge in [-0.25, -0.2) is 4.98 Å². The van der Waals surface area contributed by atoms with Crippen molar-refractivity contribution in [2.45, 2.75) is 46.3 Å². The minimum absolute atomic E-state index is 0.0317. The summed E-state index contributed by atoms with van der Waals surface area (Å²) in [7, 11) is 1.63. The van der Waals surface area contributed by atoms with Gasteiger partial charge in [0.15, 0.2) is 0 Å². The quantitative estimate of drug-likeness (QED) is 0.362. The van der Waals surface area contributed by atoms with Crippen molar-refractivity contribution >= 4 is 38.8 Å². The second-order valence-corrected chi connectivity index (χ2v) is 10.4. The fourth-order valence-electron chi connectivity index (χ4n) is 3.87. The zero-order valence-corrected chi connectivity index (χ0v) is 20.8. The molecule has 1 amide bonds. The standard InChI is InChI=1S/C25H27N3O3S2/c1-16(12-21-6-5-11-32-21)28(13-19-7-9-20(31-4)10-8-19)22(29)14-27-15-26-24-23(25(27)30)17(2)18(3)33-24/h5-11,15-16H,12-14H2,1-4H3/t16-/m0/s1. The Hall–Kier alpha value is -2.97. The number of aromatic nitrogens is 2. The second kappa shape index (κ2) is 9.89. The van der Waals surface area contributed by atoms with E-state index >= 15 is 0 Å². The normalized spacial score (nSPS) is 12.1. The number of carbonyl (C=O) groups excluding carboxylic acids is 1. The summed E-state index contributed by atoms with van der Waals surface area (Å²) in [6, 6.07) is 11.8. The van der Waals surface area contributed by atoms with Crippen LogP contribution in [-0.4, -0.2) is 33.5 Å². The number of aryl methyl sites for hydroxylation is 2. The van der Waals surface area contributed by atoms with Gasteiger partial charge in [0.2, 0.25) is 5.91 Å². The summed E-state index contributed by atoms with van der Waals surface area (Å²) in [4.78, 5) is 35.9. The molecule has 3 heterocycles. The van der Waals surface area contributed by atoms with Crippen molar-refractivity contribution in [2.24, 2.45) is 0 Å². The predicted molar refractivity (Wildman–Crippen MR) is 134 cm³/mol. The first-order valence-corrected chi connectivity index (χ1v) is 12.5. The van der Waals surface area contributed by atoms with Crippen molar-refractivity contribution in [3.63, 3.8) is 0 Å². The highest BCUT2D eigenvalue weighted by atomic mass is 32.1. The molecule has 0 saturated heterocycles. The zero-order valence-electron chi connectivity index (χ0n) is 19.2. The first-order chi connectivity index (χ1) is 15.9. The van der Waals surface area contributed by atoms with E-state index in [9.17, 15) is 9.59 Å². The number of amides is 1. The van der Waals surface area contributed by atoms with Gasteiger partial charge in [-0.1, -0.05) is 18.2 Å². The van der Waals surface area contributed by atoms with E-state index in [1.165, 1.54) is 27.1 Å². The molecule has 1 atom stereocenters. The summed E-state index contributed by atoms with van der Waals surface area (Å²) in [6.45, 7) is 6.39. The van der Waals surface area contributed by atoms with Crippen LogP contribution in [-0.2, 0) is 24.3 Å². The molecule has 0 N–H and O–H groups in total. The number of hydrogen-bond donors (Lipinski definition) is 0. The molecule has 172 valence electrons. The Kier molecular flexibility index (Phi) is 6.95. The first kappa shape index (κ1) is 23.2. The van der Waals surface area contributed by atoms with Gasteiger partial charge in [0.1, 0.15) is 17.1 Å². The Balaban J connectivity index is 1.61. The average Bonchev–Trinajstić information content (AvgIpc) is 3.42. The molecule has 0 aliphatic rings. The highest BCUT2D eigenvalue weighted by molar-refractivity contribution is 7.18. The topological polar surface area (TPSA) is 64.4 Å². The molecule has 6 nitrogen and oxygen atoms in total. The van der Waals surface area contributed by atoms with Gasteiger partial charge in [-0.2, -0.15) is 0 Å². The molecule has 4 aromatic rings. The molecule has 0 aliphatic heterocycles. The Bertz CT molecular complexity index is 1310. The Labute approximate surface area is 201 Å². The van der Waals surface area contributed by atoms with Gasteiger partial charge in [0.25, 0.3) is 5.56 Å². The average molecular weight is 482 g/mol. The maximum absolute atomic E-state index is 13.5. The molecule has 0 radical (unpaired) electrons.